The van der Waals surface area contributed by atoms with Gasteiger partial charge in [0.25, 0.3) is 10.0 Å². The molecule has 0 saturated heterocycles. The molecule has 4 heterocycles. The molecule has 11 nitrogen and oxygen atoms in total. The van der Waals surface area contributed by atoms with Gasteiger partial charge in [-0.05, 0) is 75.4 Å². The van der Waals surface area contributed by atoms with Crippen LogP contribution in [-0.2, 0) is 14.8 Å². The Bertz CT molecular complexity index is 1620. The first kappa shape index (κ1) is 26.3. The molecule has 0 spiro atoms. The van der Waals surface area contributed by atoms with Crippen molar-refractivity contribution in [3.63, 3.8) is 0 Å². The third-order valence-electron chi connectivity index (χ3n) is 5.50. The fourth-order valence-electron chi connectivity index (χ4n) is 3.73. The summed E-state index contributed by atoms with van der Waals surface area (Å²) >= 11 is 1.23. The zero-order valence-electron chi connectivity index (χ0n) is 21.1. The highest BCUT2D eigenvalue weighted by Crippen LogP contribution is 2.34. The van der Waals surface area contributed by atoms with E-state index in [1.807, 2.05) is 0 Å². The standard InChI is InChI=1S/C26H24N6O5S2/c1-15-14-16(2)28-25(27-15)32-39(34,35)19-10-8-18(9-11-19)29-24(33)17(3)38-26-30-22(20-6-4-12-36-20)23(31-26)21-7-5-13-37-21/h4-14,17H,1-3H3,(H,29,33)(H,30,31)(H,27,28,32). The predicted molar refractivity (Wildman–Crippen MR) is 147 cm³/mol. The molecule has 0 radical (unpaired) electrons. The van der Waals surface area contributed by atoms with Crippen LogP contribution in [0.4, 0.5) is 11.6 Å². The quantitative estimate of drug-likeness (QED) is 0.203. The molecule has 0 bridgehead atoms. The number of thioether (sulfide) groups is 1. The number of imidazole rings is 1. The van der Waals surface area contributed by atoms with Crippen LogP contribution in [0.5, 0.6) is 0 Å². The van der Waals surface area contributed by atoms with Crippen molar-refractivity contribution in [2.75, 3.05) is 10.0 Å². The minimum absolute atomic E-state index is 0.000866. The number of hydrogen-bond acceptors (Lipinski definition) is 9. The van der Waals surface area contributed by atoms with E-state index in [0.29, 0.717) is 45.1 Å². The van der Waals surface area contributed by atoms with E-state index in [2.05, 4.69) is 30.0 Å². The van der Waals surface area contributed by atoms with Gasteiger partial charge >= 0.3 is 0 Å². The minimum atomic E-state index is -3.91. The van der Waals surface area contributed by atoms with Crippen molar-refractivity contribution in [2.45, 2.75) is 36.1 Å². The smallest absolute Gasteiger partial charge is 0.264 e. The molecular weight excluding hydrogens is 540 g/mol. The number of nitrogens with one attached hydrogen (secondary N) is 3. The van der Waals surface area contributed by atoms with E-state index in [-0.39, 0.29) is 16.8 Å². The summed E-state index contributed by atoms with van der Waals surface area (Å²) < 4.78 is 38.9. The van der Waals surface area contributed by atoms with Gasteiger partial charge in [0.2, 0.25) is 11.9 Å². The van der Waals surface area contributed by atoms with Crippen LogP contribution in [0.25, 0.3) is 22.9 Å². The highest BCUT2D eigenvalue weighted by Gasteiger charge is 2.22. The molecule has 1 amide bonds. The van der Waals surface area contributed by atoms with Crippen LogP contribution in [0.1, 0.15) is 18.3 Å². The van der Waals surface area contributed by atoms with Crippen LogP contribution in [0.2, 0.25) is 0 Å². The van der Waals surface area contributed by atoms with Crippen molar-refractivity contribution in [2.24, 2.45) is 0 Å². The lowest BCUT2D eigenvalue weighted by atomic mass is 10.2. The zero-order valence-corrected chi connectivity index (χ0v) is 22.8. The fourth-order valence-corrected chi connectivity index (χ4v) is 5.48. The number of rotatable bonds is 9. The van der Waals surface area contributed by atoms with Crippen LogP contribution in [0.15, 0.2) is 86.0 Å². The summed E-state index contributed by atoms with van der Waals surface area (Å²) in [6, 6.07) is 14.7. The zero-order chi connectivity index (χ0) is 27.6. The molecule has 0 aliphatic rings. The van der Waals surface area contributed by atoms with Crippen molar-refractivity contribution >= 4 is 39.3 Å². The molecule has 0 saturated carbocycles. The first-order chi connectivity index (χ1) is 18.7. The van der Waals surface area contributed by atoms with Crippen molar-refractivity contribution in [1.29, 1.82) is 0 Å². The van der Waals surface area contributed by atoms with Crippen molar-refractivity contribution in [3.8, 4) is 22.9 Å². The van der Waals surface area contributed by atoms with E-state index >= 15 is 0 Å². The number of hydrogen-bond donors (Lipinski definition) is 3. The number of sulfonamides is 1. The van der Waals surface area contributed by atoms with Gasteiger partial charge in [0.15, 0.2) is 16.7 Å². The summed E-state index contributed by atoms with van der Waals surface area (Å²) in [7, 11) is -3.91. The summed E-state index contributed by atoms with van der Waals surface area (Å²) in [4.78, 5) is 28.9. The van der Waals surface area contributed by atoms with Gasteiger partial charge in [-0.25, -0.2) is 28.1 Å². The van der Waals surface area contributed by atoms with E-state index in [1.54, 1.807) is 63.6 Å². The molecule has 39 heavy (non-hydrogen) atoms. The second-order valence-corrected chi connectivity index (χ2v) is 11.6. The molecule has 4 aromatic heterocycles. The van der Waals surface area contributed by atoms with E-state index in [0.717, 1.165) is 0 Å². The number of benzene rings is 1. The average molecular weight is 565 g/mol. The van der Waals surface area contributed by atoms with Crippen LogP contribution in [0, 0.1) is 13.8 Å². The predicted octanol–water partition coefficient (Wildman–Crippen LogP) is 5.26. The Morgan fingerprint density at radius 2 is 1.59 bits per heavy atom. The lowest BCUT2D eigenvalue weighted by molar-refractivity contribution is -0.115. The molecule has 0 fully saturated rings. The number of carbonyl (C=O) groups excluding carboxylic acids is 1. The summed E-state index contributed by atoms with van der Waals surface area (Å²) in [5.74, 6) is 0.869. The molecule has 5 aromatic rings. The van der Waals surface area contributed by atoms with E-state index < -0.39 is 15.3 Å². The van der Waals surface area contributed by atoms with Gasteiger partial charge in [-0.2, -0.15) is 0 Å². The van der Waals surface area contributed by atoms with E-state index in [4.69, 9.17) is 8.83 Å². The first-order valence-electron chi connectivity index (χ1n) is 11.8. The number of furan rings is 2. The Morgan fingerprint density at radius 3 is 2.21 bits per heavy atom. The van der Waals surface area contributed by atoms with Gasteiger partial charge in [-0.3, -0.25) is 4.79 Å². The summed E-state index contributed by atoms with van der Waals surface area (Å²) in [5, 5.41) is 2.78. The highest BCUT2D eigenvalue weighted by molar-refractivity contribution is 8.00. The molecule has 0 aliphatic carbocycles. The third kappa shape index (κ3) is 6.04. The normalized spacial score (nSPS) is 12.3. The maximum Gasteiger partial charge on any atom is 0.264 e. The molecular formula is C26H24N6O5S2. The maximum atomic E-state index is 12.9. The number of nitrogens with zero attached hydrogens (tertiary/aromatic N) is 3. The second-order valence-electron chi connectivity index (χ2n) is 8.57. The Morgan fingerprint density at radius 1 is 0.949 bits per heavy atom. The monoisotopic (exact) mass is 564 g/mol. The Hall–Kier alpha value is -4.36. The number of amides is 1. The van der Waals surface area contributed by atoms with Gasteiger partial charge in [-0.1, -0.05) is 11.8 Å². The second kappa shape index (κ2) is 10.8. The van der Waals surface area contributed by atoms with Crippen molar-refractivity contribution in [1.82, 2.24) is 19.9 Å². The van der Waals surface area contributed by atoms with Gasteiger partial charge in [-0.15, -0.1) is 0 Å². The van der Waals surface area contributed by atoms with Crippen LogP contribution < -0.4 is 10.0 Å². The van der Waals surface area contributed by atoms with E-state index in [1.165, 1.54) is 36.0 Å². The SMILES string of the molecule is Cc1cc(C)nc(NS(=O)(=O)c2ccc(NC(=O)C(C)Sc3nc(-c4ccco4)c(-c4ccco4)[nH]3)cc2)n1. The largest absolute Gasteiger partial charge is 0.463 e. The number of aromatic nitrogens is 4. The average Bonchev–Trinajstić information content (AvgIpc) is 3.65. The minimum Gasteiger partial charge on any atom is -0.463 e. The van der Waals surface area contributed by atoms with Crippen LogP contribution in [0.3, 0.4) is 0 Å². The number of aromatic amines is 1. The number of anilines is 2. The van der Waals surface area contributed by atoms with Gasteiger partial charge in [0.05, 0.1) is 22.7 Å². The summed E-state index contributed by atoms with van der Waals surface area (Å²) in [6.45, 7) is 5.25. The first-order valence-corrected chi connectivity index (χ1v) is 14.1. The van der Waals surface area contributed by atoms with Crippen molar-refractivity contribution < 1.29 is 22.0 Å². The lowest BCUT2D eigenvalue weighted by Crippen LogP contribution is -2.22. The van der Waals surface area contributed by atoms with Gasteiger partial charge in [0, 0.05) is 17.1 Å². The van der Waals surface area contributed by atoms with Gasteiger partial charge in [0.1, 0.15) is 11.4 Å². The Kier molecular flexibility index (Phi) is 7.26. The topological polar surface area (TPSA) is 156 Å². The molecule has 200 valence electrons. The highest BCUT2D eigenvalue weighted by atomic mass is 32.2. The third-order valence-corrected chi connectivity index (χ3v) is 7.83. The molecule has 5 rings (SSSR count). The van der Waals surface area contributed by atoms with Crippen LogP contribution >= 0.6 is 11.8 Å². The lowest BCUT2D eigenvalue weighted by Gasteiger charge is -2.12. The van der Waals surface area contributed by atoms with Crippen LogP contribution in [-0.4, -0.2) is 39.5 Å². The Balaban J connectivity index is 1.25. The Labute approximate surface area is 228 Å². The molecule has 3 N–H and O–H groups in total. The molecule has 1 unspecified atom stereocenters. The maximum absolute atomic E-state index is 12.9. The molecule has 13 heteroatoms. The fraction of sp³-hybridized carbons (Fsp3) is 0.154. The van der Waals surface area contributed by atoms with Crippen molar-refractivity contribution in [3.05, 3.63) is 78.5 Å². The number of aryl methyl sites for hydroxylation is 2. The summed E-state index contributed by atoms with van der Waals surface area (Å²) in [5.41, 5.74) is 2.95. The number of carbonyl (C=O) groups is 1. The summed E-state index contributed by atoms with van der Waals surface area (Å²) in [6.07, 6.45) is 3.12. The number of H-pyrrole nitrogens is 1. The van der Waals surface area contributed by atoms with Gasteiger partial charge < -0.3 is 19.1 Å². The molecule has 1 aromatic carbocycles. The van der Waals surface area contributed by atoms with E-state index in [9.17, 15) is 13.2 Å². The molecule has 0 aliphatic heterocycles. The molecule has 1 atom stereocenters.